The number of nitrogens with one attached hydrogen (secondary N) is 2. The maximum atomic E-state index is 5.78. The van der Waals surface area contributed by atoms with Crippen LogP contribution in [-0.2, 0) is 9.47 Å². The maximum Gasteiger partial charge on any atom is 0.191 e. The van der Waals surface area contributed by atoms with Crippen molar-refractivity contribution < 1.29 is 14.2 Å². The molecule has 2 aliphatic heterocycles. The van der Waals surface area contributed by atoms with Crippen LogP contribution in [0.5, 0.6) is 5.75 Å². The number of benzene rings is 1. The highest BCUT2D eigenvalue weighted by atomic mass is 127. The van der Waals surface area contributed by atoms with Crippen LogP contribution >= 0.6 is 24.0 Å². The number of hydrogen-bond donors (Lipinski definition) is 2. The number of hydrogen-bond acceptors (Lipinski definition) is 5. The van der Waals surface area contributed by atoms with Gasteiger partial charge in [-0.15, -0.1) is 24.0 Å². The van der Waals surface area contributed by atoms with Crippen molar-refractivity contribution in [2.24, 2.45) is 10.9 Å². The summed E-state index contributed by atoms with van der Waals surface area (Å²) in [7, 11) is 3.56. The van der Waals surface area contributed by atoms with Crippen molar-refractivity contribution in [3.63, 3.8) is 0 Å². The Hall–Kier alpha value is -1.10. The Morgan fingerprint density at radius 1 is 1.26 bits per heavy atom. The molecule has 0 bridgehead atoms. The van der Waals surface area contributed by atoms with Crippen molar-refractivity contribution in [3.8, 4) is 5.75 Å². The summed E-state index contributed by atoms with van der Waals surface area (Å²) in [5.41, 5.74) is 1.23. The average Bonchev–Trinajstić information content (AvgIpc) is 3.49. The van der Waals surface area contributed by atoms with E-state index < -0.39 is 0 Å². The fourth-order valence-electron chi connectivity index (χ4n) is 4.19. The van der Waals surface area contributed by atoms with Crippen LogP contribution in [0.1, 0.15) is 37.3 Å². The summed E-state index contributed by atoms with van der Waals surface area (Å²) in [5, 5.41) is 6.92. The average molecular weight is 546 g/mol. The van der Waals surface area contributed by atoms with Gasteiger partial charge in [-0.1, -0.05) is 18.2 Å². The summed E-state index contributed by atoms with van der Waals surface area (Å²) in [4.78, 5) is 6.93. The Bertz CT molecular complexity index is 649. The SMILES string of the molecule is CN=C(NCCCOCC1CCOC1)NCC(c1ccccc1OC)N1CCCC1.I. The van der Waals surface area contributed by atoms with Gasteiger partial charge in [-0.25, -0.2) is 0 Å². The number of likely N-dealkylation sites (tertiary alicyclic amines) is 1. The number of ether oxygens (including phenoxy) is 3. The molecule has 2 atom stereocenters. The number of halogens is 1. The van der Waals surface area contributed by atoms with E-state index in [2.05, 4.69) is 32.7 Å². The molecule has 0 aliphatic carbocycles. The Labute approximate surface area is 204 Å². The molecular weight excluding hydrogens is 507 g/mol. The molecule has 176 valence electrons. The van der Waals surface area contributed by atoms with E-state index in [1.165, 1.54) is 18.4 Å². The molecule has 7 nitrogen and oxygen atoms in total. The van der Waals surface area contributed by atoms with Crippen LogP contribution in [0.3, 0.4) is 0 Å². The normalized spacial score (nSPS) is 20.3. The number of para-hydroxylation sites is 1. The molecule has 1 aromatic rings. The zero-order chi connectivity index (χ0) is 21.0. The van der Waals surface area contributed by atoms with Crippen LogP contribution in [0.15, 0.2) is 29.3 Å². The first-order chi connectivity index (χ1) is 14.8. The van der Waals surface area contributed by atoms with Gasteiger partial charge in [0.25, 0.3) is 0 Å². The molecule has 2 N–H and O–H groups in total. The van der Waals surface area contributed by atoms with Crippen LogP contribution in [0.4, 0.5) is 0 Å². The number of rotatable bonds is 11. The number of methoxy groups -OCH3 is 1. The molecule has 2 aliphatic rings. The van der Waals surface area contributed by atoms with E-state index in [1.54, 1.807) is 7.11 Å². The molecular formula is C23H39IN4O3. The molecule has 31 heavy (non-hydrogen) atoms. The Morgan fingerprint density at radius 2 is 2.06 bits per heavy atom. The van der Waals surface area contributed by atoms with E-state index in [4.69, 9.17) is 14.2 Å². The first kappa shape index (κ1) is 26.2. The van der Waals surface area contributed by atoms with Crippen LogP contribution in [0.25, 0.3) is 0 Å². The zero-order valence-electron chi connectivity index (χ0n) is 19.0. The quantitative estimate of drug-likeness (QED) is 0.193. The van der Waals surface area contributed by atoms with Gasteiger partial charge in [0.05, 0.1) is 26.4 Å². The minimum absolute atomic E-state index is 0. The topological polar surface area (TPSA) is 67.4 Å². The summed E-state index contributed by atoms with van der Waals surface area (Å²) >= 11 is 0. The molecule has 0 saturated carbocycles. The van der Waals surface area contributed by atoms with Crippen molar-refractivity contribution in [3.05, 3.63) is 29.8 Å². The van der Waals surface area contributed by atoms with E-state index in [0.29, 0.717) is 5.92 Å². The van der Waals surface area contributed by atoms with Gasteiger partial charge >= 0.3 is 0 Å². The van der Waals surface area contributed by atoms with Crippen LogP contribution in [0, 0.1) is 5.92 Å². The van der Waals surface area contributed by atoms with E-state index in [9.17, 15) is 0 Å². The molecule has 3 rings (SSSR count). The summed E-state index contributed by atoms with van der Waals surface area (Å²) in [6.45, 7) is 7.17. The molecule has 0 radical (unpaired) electrons. The molecule has 2 saturated heterocycles. The van der Waals surface area contributed by atoms with E-state index >= 15 is 0 Å². The fraction of sp³-hybridized carbons (Fsp3) is 0.696. The molecule has 0 spiro atoms. The van der Waals surface area contributed by atoms with Crippen LogP contribution in [0.2, 0.25) is 0 Å². The monoisotopic (exact) mass is 546 g/mol. The highest BCUT2D eigenvalue weighted by Crippen LogP contribution is 2.31. The molecule has 0 amide bonds. The van der Waals surface area contributed by atoms with Gasteiger partial charge in [0.15, 0.2) is 5.96 Å². The van der Waals surface area contributed by atoms with Gasteiger partial charge in [0.2, 0.25) is 0 Å². The summed E-state index contributed by atoms with van der Waals surface area (Å²) in [6.07, 6.45) is 4.59. The number of guanidine groups is 1. The second-order valence-electron chi connectivity index (χ2n) is 8.04. The van der Waals surface area contributed by atoms with Crippen molar-refractivity contribution in [1.82, 2.24) is 15.5 Å². The minimum atomic E-state index is 0. The third kappa shape index (κ3) is 8.40. The van der Waals surface area contributed by atoms with E-state index in [-0.39, 0.29) is 30.0 Å². The van der Waals surface area contributed by atoms with E-state index in [0.717, 1.165) is 77.2 Å². The number of aliphatic imine (C=N–C) groups is 1. The lowest BCUT2D eigenvalue weighted by atomic mass is 10.0. The fourth-order valence-corrected chi connectivity index (χ4v) is 4.19. The Morgan fingerprint density at radius 3 is 2.77 bits per heavy atom. The van der Waals surface area contributed by atoms with E-state index in [1.807, 2.05) is 19.2 Å². The third-order valence-electron chi connectivity index (χ3n) is 5.90. The van der Waals surface area contributed by atoms with Crippen molar-refractivity contribution in [2.45, 2.75) is 31.7 Å². The van der Waals surface area contributed by atoms with Gasteiger partial charge in [-0.3, -0.25) is 9.89 Å². The molecule has 2 fully saturated rings. The van der Waals surface area contributed by atoms with Gasteiger partial charge < -0.3 is 24.8 Å². The van der Waals surface area contributed by atoms with Gasteiger partial charge in [-0.2, -0.15) is 0 Å². The van der Waals surface area contributed by atoms with Crippen molar-refractivity contribution in [1.29, 1.82) is 0 Å². The third-order valence-corrected chi connectivity index (χ3v) is 5.90. The first-order valence-corrected chi connectivity index (χ1v) is 11.3. The first-order valence-electron chi connectivity index (χ1n) is 11.3. The minimum Gasteiger partial charge on any atom is -0.496 e. The Balaban J connectivity index is 0.00000341. The zero-order valence-corrected chi connectivity index (χ0v) is 21.3. The largest absolute Gasteiger partial charge is 0.496 e. The second kappa shape index (κ2) is 14.9. The van der Waals surface area contributed by atoms with Gasteiger partial charge in [0, 0.05) is 44.8 Å². The van der Waals surface area contributed by atoms with Gasteiger partial charge in [0.1, 0.15) is 5.75 Å². The summed E-state index contributed by atoms with van der Waals surface area (Å²) in [6, 6.07) is 8.60. The van der Waals surface area contributed by atoms with Crippen molar-refractivity contribution in [2.75, 3.05) is 66.8 Å². The highest BCUT2D eigenvalue weighted by Gasteiger charge is 2.26. The predicted octanol–water partition coefficient (Wildman–Crippen LogP) is 3.06. The smallest absolute Gasteiger partial charge is 0.191 e. The molecule has 2 unspecified atom stereocenters. The Kier molecular flexibility index (Phi) is 12.5. The summed E-state index contributed by atoms with van der Waals surface area (Å²) in [5.74, 6) is 2.35. The second-order valence-corrected chi connectivity index (χ2v) is 8.04. The lowest BCUT2D eigenvalue weighted by molar-refractivity contribution is 0.0888. The summed E-state index contributed by atoms with van der Waals surface area (Å²) < 4.78 is 16.8. The molecule has 1 aromatic carbocycles. The standard InChI is InChI=1S/C23H38N4O3.HI/c1-24-23(25-11-7-14-29-17-19-10-15-30-18-19)26-16-21(27-12-5-6-13-27)20-8-3-4-9-22(20)28-2;/h3-4,8-9,19,21H,5-7,10-18H2,1-2H3,(H2,24,25,26);1H. The highest BCUT2D eigenvalue weighted by molar-refractivity contribution is 14.0. The molecule has 8 heteroatoms. The predicted molar refractivity (Wildman–Crippen MR) is 136 cm³/mol. The number of nitrogens with zero attached hydrogens (tertiary/aromatic N) is 2. The molecule has 0 aromatic heterocycles. The van der Waals surface area contributed by atoms with Crippen molar-refractivity contribution >= 4 is 29.9 Å². The van der Waals surface area contributed by atoms with Crippen LogP contribution in [-0.4, -0.2) is 77.6 Å². The molecule has 2 heterocycles. The maximum absolute atomic E-state index is 5.78. The lowest BCUT2D eigenvalue weighted by Gasteiger charge is -2.30. The van der Waals surface area contributed by atoms with Crippen LogP contribution < -0.4 is 15.4 Å². The lowest BCUT2D eigenvalue weighted by Crippen LogP contribution is -2.43. The van der Waals surface area contributed by atoms with Gasteiger partial charge in [-0.05, 0) is 44.8 Å².